The number of rotatable bonds is 5. The lowest BCUT2D eigenvalue weighted by Gasteiger charge is -2.35. The normalized spacial score (nSPS) is 24.2. The molecule has 6 nitrogen and oxygen atoms in total. The Morgan fingerprint density at radius 2 is 2.11 bits per heavy atom. The molecule has 0 saturated carbocycles. The summed E-state index contributed by atoms with van der Waals surface area (Å²) >= 11 is 0. The highest BCUT2D eigenvalue weighted by atomic mass is 16.6. The highest BCUT2D eigenvalue weighted by Crippen LogP contribution is 2.14. The SMILES string of the molecule is CC1=NOC(C(=O)N2CCN(CCCCO)CC2)C1. The van der Waals surface area contributed by atoms with E-state index >= 15 is 0 Å². The average molecular weight is 269 g/mol. The zero-order chi connectivity index (χ0) is 13.7. The van der Waals surface area contributed by atoms with Crippen LogP contribution in [0.5, 0.6) is 0 Å². The lowest BCUT2D eigenvalue weighted by atomic mass is 10.1. The van der Waals surface area contributed by atoms with Crippen molar-refractivity contribution in [2.24, 2.45) is 5.16 Å². The van der Waals surface area contributed by atoms with Crippen LogP contribution in [0.3, 0.4) is 0 Å². The van der Waals surface area contributed by atoms with Gasteiger partial charge in [0.15, 0.2) is 0 Å². The fourth-order valence-corrected chi connectivity index (χ4v) is 2.47. The Balaban J connectivity index is 1.69. The van der Waals surface area contributed by atoms with Crippen molar-refractivity contribution in [3.05, 3.63) is 0 Å². The van der Waals surface area contributed by atoms with Crippen LogP contribution < -0.4 is 0 Å². The molecule has 2 heterocycles. The van der Waals surface area contributed by atoms with Crippen molar-refractivity contribution in [1.82, 2.24) is 9.80 Å². The Bertz CT molecular complexity index is 338. The molecule has 6 heteroatoms. The molecule has 1 amide bonds. The topological polar surface area (TPSA) is 65.4 Å². The van der Waals surface area contributed by atoms with Gasteiger partial charge in [0.2, 0.25) is 6.10 Å². The first-order valence-corrected chi connectivity index (χ1v) is 7.02. The second-order valence-corrected chi connectivity index (χ2v) is 5.22. The van der Waals surface area contributed by atoms with Crippen molar-refractivity contribution in [2.45, 2.75) is 32.3 Å². The Kier molecular flexibility index (Phi) is 5.15. The number of piperazine rings is 1. The van der Waals surface area contributed by atoms with E-state index in [1.165, 1.54) is 0 Å². The summed E-state index contributed by atoms with van der Waals surface area (Å²) in [5.74, 6) is 0.0654. The Morgan fingerprint density at radius 1 is 1.37 bits per heavy atom. The van der Waals surface area contributed by atoms with Gasteiger partial charge in [0.25, 0.3) is 5.91 Å². The van der Waals surface area contributed by atoms with E-state index in [1.807, 2.05) is 11.8 Å². The van der Waals surface area contributed by atoms with Crippen LogP contribution in [-0.2, 0) is 9.63 Å². The first-order valence-electron chi connectivity index (χ1n) is 7.02. The molecule has 2 aliphatic heterocycles. The summed E-state index contributed by atoms with van der Waals surface area (Å²) in [7, 11) is 0. The van der Waals surface area contributed by atoms with E-state index in [1.54, 1.807) is 0 Å². The van der Waals surface area contributed by atoms with Crippen molar-refractivity contribution < 1.29 is 14.7 Å². The number of amides is 1. The van der Waals surface area contributed by atoms with Crippen LogP contribution in [0.4, 0.5) is 0 Å². The molecule has 1 unspecified atom stereocenters. The van der Waals surface area contributed by atoms with Gasteiger partial charge >= 0.3 is 0 Å². The van der Waals surface area contributed by atoms with Gasteiger partial charge in [-0.1, -0.05) is 5.16 Å². The molecule has 1 atom stereocenters. The third kappa shape index (κ3) is 3.91. The Hall–Kier alpha value is -1.14. The maximum Gasteiger partial charge on any atom is 0.266 e. The van der Waals surface area contributed by atoms with Crippen LogP contribution in [0.15, 0.2) is 5.16 Å². The molecule has 1 saturated heterocycles. The molecule has 19 heavy (non-hydrogen) atoms. The number of nitrogens with zero attached hydrogens (tertiary/aromatic N) is 3. The van der Waals surface area contributed by atoms with E-state index in [0.717, 1.165) is 51.3 Å². The van der Waals surface area contributed by atoms with Crippen molar-refractivity contribution in [1.29, 1.82) is 0 Å². The predicted octanol–water partition coefficient (Wildman–Crippen LogP) is 0.0679. The van der Waals surface area contributed by atoms with Gasteiger partial charge in [-0.15, -0.1) is 0 Å². The highest BCUT2D eigenvalue weighted by molar-refractivity contribution is 5.91. The summed E-state index contributed by atoms with van der Waals surface area (Å²) in [5, 5.41) is 12.6. The zero-order valence-electron chi connectivity index (χ0n) is 11.5. The first kappa shape index (κ1) is 14.3. The summed E-state index contributed by atoms with van der Waals surface area (Å²) in [6, 6.07) is 0. The summed E-state index contributed by atoms with van der Waals surface area (Å²) in [6.45, 7) is 6.48. The van der Waals surface area contributed by atoms with Crippen LogP contribution in [0.25, 0.3) is 0 Å². The lowest BCUT2D eigenvalue weighted by molar-refractivity contribution is -0.143. The quantitative estimate of drug-likeness (QED) is 0.717. The van der Waals surface area contributed by atoms with E-state index in [-0.39, 0.29) is 12.5 Å². The number of carbonyl (C=O) groups excluding carboxylic acids is 1. The van der Waals surface area contributed by atoms with Gasteiger partial charge in [-0.2, -0.15) is 0 Å². The number of hydrogen-bond donors (Lipinski definition) is 1. The molecule has 1 fully saturated rings. The van der Waals surface area contributed by atoms with E-state index in [0.29, 0.717) is 6.42 Å². The third-order valence-electron chi connectivity index (χ3n) is 3.66. The number of hydrogen-bond acceptors (Lipinski definition) is 5. The molecule has 0 aromatic carbocycles. The van der Waals surface area contributed by atoms with Crippen molar-refractivity contribution >= 4 is 11.6 Å². The van der Waals surface area contributed by atoms with Gasteiger partial charge in [-0.3, -0.25) is 9.69 Å². The fourth-order valence-electron chi connectivity index (χ4n) is 2.47. The minimum absolute atomic E-state index is 0.0654. The molecule has 0 radical (unpaired) electrons. The minimum Gasteiger partial charge on any atom is -0.396 e. The summed E-state index contributed by atoms with van der Waals surface area (Å²) < 4.78 is 0. The second-order valence-electron chi connectivity index (χ2n) is 5.22. The van der Waals surface area contributed by atoms with Gasteiger partial charge in [-0.05, 0) is 26.3 Å². The van der Waals surface area contributed by atoms with Crippen LogP contribution in [0.1, 0.15) is 26.2 Å². The first-order chi connectivity index (χ1) is 9.20. The molecular weight excluding hydrogens is 246 g/mol. The standard InChI is InChI=1S/C13H23N3O3/c1-11-10-12(19-14-11)13(18)16-7-5-15(6-8-16)4-2-3-9-17/h12,17H,2-10H2,1H3. The third-order valence-corrected chi connectivity index (χ3v) is 3.66. The second kappa shape index (κ2) is 6.86. The molecule has 2 rings (SSSR count). The molecule has 0 aromatic heterocycles. The Labute approximate surface area is 114 Å². The largest absolute Gasteiger partial charge is 0.396 e. The van der Waals surface area contributed by atoms with Gasteiger partial charge < -0.3 is 14.8 Å². The summed E-state index contributed by atoms with van der Waals surface area (Å²) in [6.07, 6.45) is 2.09. The summed E-state index contributed by atoms with van der Waals surface area (Å²) in [4.78, 5) is 21.6. The van der Waals surface area contributed by atoms with Gasteiger partial charge in [-0.25, -0.2) is 0 Å². The maximum atomic E-state index is 12.2. The molecule has 2 aliphatic rings. The maximum absolute atomic E-state index is 12.2. The van der Waals surface area contributed by atoms with Gasteiger partial charge in [0.1, 0.15) is 0 Å². The van der Waals surface area contributed by atoms with E-state index in [9.17, 15) is 4.79 Å². The Morgan fingerprint density at radius 3 is 2.68 bits per heavy atom. The van der Waals surface area contributed by atoms with Crippen molar-refractivity contribution in [3.63, 3.8) is 0 Å². The molecule has 0 bridgehead atoms. The molecular formula is C13H23N3O3. The number of carbonyl (C=O) groups is 1. The average Bonchev–Trinajstić information content (AvgIpc) is 2.86. The fraction of sp³-hybridized carbons (Fsp3) is 0.846. The number of aliphatic hydroxyl groups is 1. The molecule has 108 valence electrons. The van der Waals surface area contributed by atoms with Gasteiger partial charge in [0.05, 0.1) is 5.71 Å². The van der Waals surface area contributed by atoms with Crippen LogP contribution in [0.2, 0.25) is 0 Å². The molecule has 0 spiro atoms. The van der Waals surface area contributed by atoms with Crippen molar-refractivity contribution in [3.8, 4) is 0 Å². The van der Waals surface area contributed by atoms with Crippen LogP contribution in [0, 0.1) is 0 Å². The van der Waals surface area contributed by atoms with E-state index in [4.69, 9.17) is 9.94 Å². The monoisotopic (exact) mass is 269 g/mol. The number of aliphatic hydroxyl groups excluding tert-OH is 1. The van der Waals surface area contributed by atoms with Gasteiger partial charge in [0, 0.05) is 39.2 Å². The van der Waals surface area contributed by atoms with Crippen LogP contribution in [-0.4, -0.2) is 72.0 Å². The van der Waals surface area contributed by atoms with Crippen molar-refractivity contribution in [2.75, 3.05) is 39.3 Å². The number of oxime groups is 1. The minimum atomic E-state index is -0.402. The number of unbranched alkanes of at least 4 members (excludes halogenated alkanes) is 1. The van der Waals surface area contributed by atoms with E-state index in [2.05, 4.69) is 10.1 Å². The predicted molar refractivity (Wildman–Crippen MR) is 71.9 cm³/mol. The lowest BCUT2D eigenvalue weighted by Crippen LogP contribution is -2.51. The molecule has 0 aliphatic carbocycles. The molecule has 0 aromatic rings. The smallest absolute Gasteiger partial charge is 0.266 e. The highest BCUT2D eigenvalue weighted by Gasteiger charge is 2.31. The zero-order valence-corrected chi connectivity index (χ0v) is 11.5. The molecule has 1 N–H and O–H groups in total. The summed E-state index contributed by atoms with van der Waals surface area (Å²) in [5.41, 5.74) is 0.890. The van der Waals surface area contributed by atoms with Crippen LogP contribution >= 0.6 is 0 Å². The van der Waals surface area contributed by atoms with E-state index < -0.39 is 6.10 Å².